The predicted molar refractivity (Wildman–Crippen MR) is 99.8 cm³/mol. The highest BCUT2D eigenvalue weighted by atomic mass is 16.5. The topological polar surface area (TPSA) is 29.5 Å². The van der Waals surface area contributed by atoms with E-state index in [-0.39, 0.29) is 6.61 Å². The summed E-state index contributed by atoms with van der Waals surface area (Å²) in [4.78, 5) is 0. The van der Waals surface area contributed by atoms with Gasteiger partial charge in [0.2, 0.25) is 0 Å². The smallest absolute Gasteiger partial charge is 0.0721 e. The Labute approximate surface area is 145 Å². The van der Waals surface area contributed by atoms with Crippen molar-refractivity contribution in [1.29, 1.82) is 0 Å². The van der Waals surface area contributed by atoms with E-state index < -0.39 is 0 Å². The number of allylic oxidation sites excluding steroid dienone is 1. The van der Waals surface area contributed by atoms with Crippen LogP contribution in [0.15, 0.2) is 72.8 Å². The number of aryl methyl sites for hydroxylation is 1. The molecule has 2 heteroatoms. The molecule has 0 saturated carbocycles. The van der Waals surface area contributed by atoms with Crippen LogP contribution >= 0.6 is 0 Å². The number of benzene rings is 2. The lowest BCUT2D eigenvalue weighted by Gasteiger charge is -2.12. The van der Waals surface area contributed by atoms with Crippen molar-refractivity contribution in [1.82, 2.24) is 0 Å². The van der Waals surface area contributed by atoms with Crippen molar-refractivity contribution in [2.45, 2.75) is 32.3 Å². The van der Waals surface area contributed by atoms with Gasteiger partial charge in [0.1, 0.15) is 0 Å². The number of aliphatic hydroxyl groups is 1. The molecular formula is C22H28O2. The fourth-order valence-corrected chi connectivity index (χ4v) is 2.75. The Morgan fingerprint density at radius 1 is 0.875 bits per heavy atom. The molecular weight excluding hydrogens is 296 g/mol. The van der Waals surface area contributed by atoms with Crippen LogP contribution in [0.5, 0.6) is 0 Å². The van der Waals surface area contributed by atoms with E-state index in [9.17, 15) is 0 Å². The summed E-state index contributed by atoms with van der Waals surface area (Å²) in [6.07, 6.45) is 8.44. The highest BCUT2D eigenvalue weighted by Gasteiger charge is 2.05. The minimum absolute atomic E-state index is 0.264. The zero-order chi connectivity index (χ0) is 16.9. The second kappa shape index (κ2) is 11.6. The van der Waals surface area contributed by atoms with E-state index in [4.69, 9.17) is 9.84 Å². The lowest BCUT2D eigenvalue weighted by Crippen LogP contribution is -2.02. The van der Waals surface area contributed by atoms with E-state index >= 15 is 0 Å². The average molecular weight is 324 g/mol. The Morgan fingerprint density at radius 2 is 1.54 bits per heavy atom. The fourth-order valence-electron chi connectivity index (χ4n) is 2.75. The average Bonchev–Trinajstić information content (AvgIpc) is 2.64. The van der Waals surface area contributed by atoms with E-state index in [1.807, 2.05) is 18.2 Å². The van der Waals surface area contributed by atoms with Crippen molar-refractivity contribution in [3.8, 4) is 0 Å². The summed E-state index contributed by atoms with van der Waals surface area (Å²) in [5.74, 6) is 0.498. The minimum Gasteiger partial charge on any atom is -0.396 e. The van der Waals surface area contributed by atoms with Gasteiger partial charge in [-0.1, -0.05) is 72.8 Å². The van der Waals surface area contributed by atoms with Gasteiger partial charge in [-0.05, 0) is 42.7 Å². The Balaban J connectivity index is 1.72. The molecule has 0 aliphatic rings. The molecule has 0 heterocycles. The normalized spacial score (nSPS) is 12.5. The van der Waals surface area contributed by atoms with E-state index in [0.29, 0.717) is 19.1 Å². The van der Waals surface area contributed by atoms with Crippen LogP contribution in [0.2, 0.25) is 0 Å². The third-order valence-corrected chi connectivity index (χ3v) is 4.11. The van der Waals surface area contributed by atoms with Crippen molar-refractivity contribution in [2.75, 3.05) is 13.2 Å². The first kappa shape index (κ1) is 18.4. The Bertz CT molecular complexity index is 563. The first-order valence-electron chi connectivity index (χ1n) is 8.81. The number of ether oxygens (including phenoxy) is 1. The lowest BCUT2D eigenvalue weighted by atomic mass is 9.95. The van der Waals surface area contributed by atoms with Gasteiger partial charge in [-0.2, -0.15) is 0 Å². The molecule has 0 unspecified atom stereocenters. The van der Waals surface area contributed by atoms with Crippen LogP contribution in [-0.4, -0.2) is 18.3 Å². The Hall–Kier alpha value is -1.90. The summed E-state index contributed by atoms with van der Waals surface area (Å²) in [5.41, 5.74) is 2.58. The van der Waals surface area contributed by atoms with Crippen LogP contribution in [-0.2, 0) is 17.8 Å². The maximum Gasteiger partial charge on any atom is 0.0721 e. The highest BCUT2D eigenvalue weighted by molar-refractivity contribution is 5.15. The molecule has 0 fully saturated rings. The maximum absolute atomic E-state index is 9.09. The summed E-state index contributed by atoms with van der Waals surface area (Å²) < 4.78 is 5.70. The molecule has 2 aromatic carbocycles. The van der Waals surface area contributed by atoms with Crippen LogP contribution in [0.4, 0.5) is 0 Å². The molecule has 0 aliphatic heterocycles. The van der Waals surface area contributed by atoms with Crippen molar-refractivity contribution in [3.05, 3.63) is 83.9 Å². The summed E-state index contributed by atoms with van der Waals surface area (Å²) in [6, 6.07) is 20.8. The van der Waals surface area contributed by atoms with Crippen LogP contribution in [0.1, 0.15) is 30.4 Å². The molecule has 2 rings (SSSR count). The molecule has 0 bridgehead atoms. The van der Waals surface area contributed by atoms with Gasteiger partial charge in [-0.25, -0.2) is 0 Å². The second-order valence-electron chi connectivity index (χ2n) is 6.08. The SMILES string of the molecule is OCCC[C@@H](/C=C/COCc1ccccc1)CCc1ccccc1. The molecule has 0 amide bonds. The third kappa shape index (κ3) is 7.58. The predicted octanol–water partition coefficient (Wildman–Crippen LogP) is 4.78. The summed E-state index contributed by atoms with van der Waals surface area (Å²) in [6.45, 7) is 1.55. The monoisotopic (exact) mass is 324 g/mol. The molecule has 0 aromatic heterocycles. The lowest BCUT2D eigenvalue weighted by molar-refractivity contribution is 0.148. The largest absolute Gasteiger partial charge is 0.396 e. The van der Waals surface area contributed by atoms with Gasteiger partial charge in [0, 0.05) is 6.61 Å². The van der Waals surface area contributed by atoms with Crippen LogP contribution in [0, 0.1) is 5.92 Å². The van der Waals surface area contributed by atoms with Gasteiger partial charge >= 0.3 is 0 Å². The van der Waals surface area contributed by atoms with Crippen molar-refractivity contribution in [2.24, 2.45) is 5.92 Å². The maximum atomic E-state index is 9.09. The third-order valence-electron chi connectivity index (χ3n) is 4.11. The van der Waals surface area contributed by atoms with E-state index in [2.05, 4.69) is 54.6 Å². The highest BCUT2D eigenvalue weighted by Crippen LogP contribution is 2.16. The summed E-state index contributed by atoms with van der Waals surface area (Å²) in [5, 5.41) is 9.09. The quantitative estimate of drug-likeness (QED) is 0.476. The number of rotatable bonds is 11. The molecule has 0 radical (unpaired) electrons. The van der Waals surface area contributed by atoms with Crippen molar-refractivity contribution >= 4 is 0 Å². The molecule has 0 aliphatic carbocycles. The van der Waals surface area contributed by atoms with Gasteiger partial charge in [0.05, 0.1) is 13.2 Å². The van der Waals surface area contributed by atoms with Gasteiger partial charge in [0.25, 0.3) is 0 Å². The van der Waals surface area contributed by atoms with Crippen LogP contribution in [0.25, 0.3) is 0 Å². The van der Waals surface area contributed by atoms with Gasteiger partial charge < -0.3 is 9.84 Å². The van der Waals surface area contributed by atoms with Crippen LogP contribution < -0.4 is 0 Å². The molecule has 2 nitrogen and oxygen atoms in total. The fraction of sp³-hybridized carbons (Fsp3) is 0.364. The molecule has 24 heavy (non-hydrogen) atoms. The van der Waals surface area contributed by atoms with Crippen molar-refractivity contribution < 1.29 is 9.84 Å². The zero-order valence-corrected chi connectivity index (χ0v) is 14.3. The molecule has 1 N–H and O–H groups in total. The second-order valence-corrected chi connectivity index (χ2v) is 6.08. The molecule has 128 valence electrons. The summed E-state index contributed by atoms with van der Waals surface area (Å²) >= 11 is 0. The minimum atomic E-state index is 0.264. The van der Waals surface area contributed by atoms with E-state index in [1.165, 1.54) is 11.1 Å². The molecule has 0 saturated heterocycles. The molecule has 2 aromatic rings. The van der Waals surface area contributed by atoms with E-state index in [0.717, 1.165) is 25.7 Å². The van der Waals surface area contributed by atoms with Gasteiger partial charge in [-0.15, -0.1) is 0 Å². The number of aliphatic hydroxyl groups excluding tert-OH is 1. The van der Waals surface area contributed by atoms with Gasteiger partial charge in [-0.3, -0.25) is 0 Å². The summed E-state index contributed by atoms with van der Waals surface area (Å²) in [7, 11) is 0. The standard InChI is InChI=1S/C22H28O2/c23-17-7-13-21(16-15-20-9-3-1-4-10-20)14-8-18-24-19-22-11-5-2-6-12-22/h1-6,8-12,14,21,23H,7,13,15-19H2/b14-8+/t21-/m0/s1. The first-order chi connectivity index (χ1) is 11.9. The number of hydrogen-bond donors (Lipinski definition) is 1. The molecule has 0 spiro atoms. The molecule has 1 atom stereocenters. The zero-order valence-electron chi connectivity index (χ0n) is 14.3. The Morgan fingerprint density at radius 3 is 2.21 bits per heavy atom. The van der Waals surface area contributed by atoms with Crippen LogP contribution in [0.3, 0.4) is 0 Å². The Kier molecular flexibility index (Phi) is 8.92. The van der Waals surface area contributed by atoms with Gasteiger partial charge in [0.15, 0.2) is 0 Å². The van der Waals surface area contributed by atoms with Crippen molar-refractivity contribution in [3.63, 3.8) is 0 Å². The van der Waals surface area contributed by atoms with E-state index in [1.54, 1.807) is 0 Å². The number of hydrogen-bond acceptors (Lipinski definition) is 2. The first-order valence-corrected chi connectivity index (χ1v) is 8.81.